The Kier molecular flexibility index (Phi) is 2.26. The number of fused-ring (bicyclic) bond motifs is 1. The van der Waals surface area contributed by atoms with Gasteiger partial charge in [-0.1, -0.05) is 29.9 Å². The molecule has 0 saturated heterocycles. The van der Waals surface area contributed by atoms with E-state index in [0.29, 0.717) is 0 Å². The Hall–Kier alpha value is -0.600. The van der Waals surface area contributed by atoms with E-state index in [-0.39, 0.29) is 0 Å². The van der Waals surface area contributed by atoms with Crippen molar-refractivity contribution in [3.63, 3.8) is 0 Å². The van der Waals surface area contributed by atoms with Crippen molar-refractivity contribution in [3.05, 3.63) is 28.3 Å². The molecule has 1 N–H and O–H groups in total. The van der Waals surface area contributed by atoms with Crippen molar-refractivity contribution in [3.8, 4) is 0 Å². The van der Waals surface area contributed by atoms with Crippen molar-refractivity contribution in [2.75, 3.05) is 5.32 Å². The largest absolute Gasteiger partial charge is 0.349 e. The number of thiocarbonyl (C=S) groups is 1. The molecule has 68 valence electrons. The molecule has 0 spiro atoms. The number of nitrogens with one attached hydrogen (secondary N) is 1. The van der Waals surface area contributed by atoms with E-state index in [1.54, 1.807) is 0 Å². The molecule has 0 unspecified atom stereocenters. The summed E-state index contributed by atoms with van der Waals surface area (Å²) in [5, 5.41) is 3.93. The van der Waals surface area contributed by atoms with Crippen molar-refractivity contribution >= 4 is 34.5 Å². The molecule has 1 aromatic carbocycles. The van der Waals surface area contributed by atoms with Gasteiger partial charge in [0.2, 0.25) is 0 Å². The molecule has 0 aromatic heterocycles. The van der Waals surface area contributed by atoms with Crippen LogP contribution in [0.4, 0.5) is 5.69 Å². The van der Waals surface area contributed by atoms with E-state index < -0.39 is 0 Å². The molecule has 1 nitrogen and oxygen atoms in total. The minimum atomic E-state index is 0.775. The first-order chi connectivity index (χ1) is 6.16. The van der Waals surface area contributed by atoms with Gasteiger partial charge in [-0.3, -0.25) is 0 Å². The third-order valence-corrected chi connectivity index (χ3v) is 2.81. The quantitative estimate of drug-likeness (QED) is 0.661. The molecule has 1 aromatic rings. The highest BCUT2D eigenvalue weighted by Gasteiger charge is 2.14. The molecule has 1 aliphatic rings. The van der Waals surface area contributed by atoms with Crippen LogP contribution in [0.15, 0.2) is 12.1 Å². The van der Waals surface area contributed by atoms with Gasteiger partial charge in [0.15, 0.2) is 0 Å². The summed E-state index contributed by atoms with van der Waals surface area (Å²) in [5.74, 6) is 0. The summed E-state index contributed by atoms with van der Waals surface area (Å²) >= 11 is 11.2. The van der Waals surface area contributed by atoms with Gasteiger partial charge < -0.3 is 5.32 Å². The first-order valence-electron chi connectivity index (χ1n) is 4.25. The molecule has 0 amide bonds. The van der Waals surface area contributed by atoms with Gasteiger partial charge in [-0.15, -0.1) is 0 Å². The Morgan fingerprint density at radius 1 is 1.38 bits per heavy atom. The molecular formula is C10H10ClNS. The average molecular weight is 212 g/mol. The lowest BCUT2D eigenvalue weighted by Gasteiger charge is -2.20. The van der Waals surface area contributed by atoms with Crippen LogP contribution < -0.4 is 5.32 Å². The van der Waals surface area contributed by atoms with Gasteiger partial charge in [0, 0.05) is 6.42 Å². The average Bonchev–Trinajstić information content (AvgIpc) is 2.06. The smallest absolute Gasteiger partial charge is 0.0801 e. The lowest BCUT2D eigenvalue weighted by atomic mass is 10.0. The van der Waals surface area contributed by atoms with Crippen molar-refractivity contribution < 1.29 is 0 Å². The minimum Gasteiger partial charge on any atom is -0.349 e. The Bertz CT molecular complexity index is 373. The van der Waals surface area contributed by atoms with Crippen molar-refractivity contribution in [2.24, 2.45) is 0 Å². The topological polar surface area (TPSA) is 12.0 Å². The molecule has 0 bridgehead atoms. The summed E-state index contributed by atoms with van der Waals surface area (Å²) in [6.07, 6.45) is 1.94. The molecule has 1 heterocycles. The number of benzene rings is 1. The van der Waals surface area contributed by atoms with Gasteiger partial charge in [0.05, 0.1) is 15.7 Å². The maximum Gasteiger partial charge on any atom is 0.0801 e. The van der Waals surface area contributed by atoms with E-state index >= 15 is 0 Å². The van der Waals surface area contributed by atoms with Gasteiger partial charge in [0.1, 0.15) is 0 Å². The number of hydrogen-bond acceptors (Lipinski definition) is 1. The lowest BCUT2D eigenvalue weighted by molar-refractivity contribution is 1.02. The molecule has 0 aliphatic carbocycles. The van der Waals surface area contributed by atoms with Crippen LogP contribution in [0.1, 0.15) is 17.5 Å². The lowest BCUT2D eigenvalue weighted by Crippen LogP contribution is -2.17. The second kappa shape index (κ2) is 3.28. The monoisotopic (exact) mass is 211 g/mol. The SMILES string of the molecule is Cc1cc(Cl)c2c(c1)CCC(=S)N2. The molecule has 2 rings (SSSR count). The molecule has 13 heavy (non-hydrogen) atoms. The minimum absolute atomic E-state index is 0.775. The highest BCUT2D eigenvalue weighted by Crippen LogP contribution is 2.31. The van der Waals surface area contributed by atoms with Gasteiger partial charge in [-0.25, -0.2) is 0 Å². The number of hydrogen-bond donors (Lipinski definition) is 1. The molecule has 0 saturated carbocycles. The fourth-order valence-electron chi connectivity index (χ4n) is 1.60. The molecule has 0 fully saturated rings. The third-order valence-electron chi connectivity index (χ3n) is 2.20. The van der Waals surface area contributed by atoms with Crippen LogP contribution in [0.3, 0.4) is 0 Å². The maximum atomic E-state index is 6.09. The number of aryl methyl sites for hydroxylation is 2. The Morgan fingerprint density at radius 2 is 2.15 bits per heavy atom. The van der Waals surface area contributed by atoms with Crippen LogP contribution in [-0.4, -0.2) is 4.99 Å². The van der Waals surface area contributed by atoms with E-state index in [1.807, 2.05) is 6.07 Å². The van der Waals surface area contributed by atoms with Crippen LogP contribution in [0.2, 0.25) is 5.02 Å². The predicted octanol–water partition coefficient (Wildman–Crippen LogP) is 3.33. The summed E-state index contributed by atoms with van der Waals surface area (Å²) in [4.78, 5) is 0.887. The van der Waals surface area contributed by atoms with Gasteiger partial charge in [-0.2, -0.15) is 0 Å². The van der Waals surface area contributed by atoms with E-state index in [2.05, 4.69) is 18.3 Å². The number of rotatable bonds is 0. The highest BCUT2D eigenvalue weighted by atomic mass is 35.5. The van der Waals surface area contributed by atoms with Crippen molar-refractivity contribution in [2.45, 2.75) is 19.8 Å². The fourth-order valence-corrected chi connectivity index (χ4v) is 2.15. The zero-order valence-electron chi connectivity index (χ0n) is 7.36. The summed E-state index contributed by atoms with van der Waals surface area (Å²) in [7, 11) is 0. The highest BCUT2D eigenvalue weighted by molar-refractivity contribution is 7.80. The molecule has 0 atom stereocenters. The van der Waals surface area contributed by atoms with E-state index in [4.69, 9.17) is 23.8 Å². The van der Waals surface area contributed by atoms with Gasteiger partial charge in [0.25, 0.3) is 0 Å². The first kappa shape index (κ1) is 8.97. The van der Waals surface area contributed by atoms with Gasteiger partial charge >= 0.3 is 0 Å². The second-order valence-electron chi connectivity index (χ2n) is 3.33. The first-order valence-corrected chi connectivity index (χ1v) is 5.04. The molecule has 3 heteroatoms. The Balaban J connectivity index is 2.53. The zero-order chi connectivity index (χ0) is 9.42. The Labute approximate surface area is 88.1 Å². The predicted molar refractivity (Wildman–Crippen MR) is 60.7 cm³/mol. The molecule has 0 radical (unpaired) electrons. The summed E-state index contributed by atoms with van der Waals surface area (Å²) in [5.41, 5.74) is 3.49. The van der Waals surface area contributed by atoms with Crippen LogP contribution in [0.25, 0.3) is 0 Å². The molecular weight excluding hydrogens is 202 g/mol. The van der Waals surface area contributed by atoms with Crippen LogP contribution in [0, 0.1) is 6.92 Å². The normalized spacial score (nSPS) is 15.1. The maximum absolute atomic E-state index is 6.09. The number of anilines is 1. The van der Waals surface area contributed by atoms with Crippen molar-refractivity contribution in [1.82, 2.24) is 0 Å². The Morgan fingerprint density at radius 3 is 2.92 bits per heavy atom. The second-order valence-corrected chi connectivity index (χ2v) is 4.23. The fraction of sp³-hybridized carbons (Fsp3) is 0.300. The van der Waals surface area contributed by atoms with Crippen LogP contribution in [0.5, 0.6) is 0 Å². The van der Waals surface area contributed by atoms with Gasteiger partial charge in [-0.05, 0) is 30.5 Å². The van der Waals surface area contributed by atoms with Crippen molar-refractivity contribution in [1.29, 1.82) is 0 Å². The molecule has 1 aliphatic heterocycles. The standard InChI is InChI=1S/C10H10ClNS/c1-6-4-7-2-3-9(13)12-10(7)8(11)5-6/h4-5H,2-3H2,1H3,(H,12,13). The van der Waals surface area contributed by atoms with E-state index in [0.717, 1.165) is 28.5 Å². The third kappa shape index (κ3) is 1.69. The zero-order valence-corrected chi connectivity index (χ0v) is 8.93. The number of halogens is 1. The summed E-state index contributed by atoms with van der Waals surface area (Å²) < 4.78 is 0. The van der Waals surface area contributed by atoms with Crippen LogP contribution in [-0.2, 0) is 6.42 Å². The summed E-state index contributed by atoms with van der Waals surface area (Å²) in [6.45, 7) is 2.05. The van der Waals surface area contributed by atoms with E-state index in [1.165, 1.54) is 11.1 Å². The summed E-state index contributed by atoms with van der Waals surface area (Å²) in [6, 6.07) is 4.12. The van der Waals surface area contributed by atoms with Crippen LogP contribution >= 0.6 is 23.8 Å². The van der Waals surface area contributed by atoms with E-state index in [9.17, 15) is 0 Å².